The molecule has 2 amide bonds. The minimum absolute atomic E-state index is 0.0174. The summed E-state index contributed by atoms with van der Waals surface area (Å²) in [7, 11) is 0. The van der Waals surface area contributed by atoms with Gasteiger partial charge in [0.05, 0.1) is 6.04 Å². The van der Waals surface area contributed by atoms with E-state index >= 15 is 0 Å². The summed E-state index contributed by atoms with van der Waals surface area (Å²) in [4.78, 5) is 32.7. The monoisotopic (exact) mass is 486 g/mol. The standard InChI is InChI=1S/C30H34N2O2S/c1-4-21(3)32(30(34)26-18-25(26)22-11-6-5-7-12-22)19-28(33)31-16-14-27-24(15-17-35-27)29(31)23-13-9-8-10-20(23)2/h5-13,15,17,21,25-26,29H,4,14,16,18-19H2,1-3H3. The molecule has 1 aliphatic heterocycles. The predicted octanol–water partition coefficient (Wildman–Crippen LogP) is 5.96. The molecule has 4 nitrogen and oxygen atoms in total. The van der Waals surface area contributed by atoms with Gasteiger partial charge in [0.2, 0.25) is 11.8 Å². The van der Waals surface area contributed by atoms with E-state index < -0.39 is 0 Å². The van der Waals surface area contributed by atoms with Gasteiger partial charge in [-0.2, -0.15) is 0 Å². The van der Waals surface area contributed by atoms with Crippen LogP contribution in [0.15, 0.2) is 66.0 Å². The maximum Gasteiger partial charge on any atom is 0.243 e. The van der Waals surface area contributed by atoms with E-state index in [-0.39, 0.29) is 42.3 Å². The fourth-order valence-electron chi connectivity index (χ4n) is 5.47. The number of hydrogen-bond acceptors (Lipinski definition) is 3. The Bertz CT molecular complexity index is 1200. The molecule has 1 saturated carbocycles. The van der Waals surface area contributed by atoms with Crippen LogP contribution in [-0.4, -0.2) is 40.7 Å². The summed E-state index contributed by atoms with van der Waals surface area (Å²) in [5.74, 6) is 0.424. The fourth-order valence-corrected chi connectivity index (χ4v) is 6.38. The number of benzene rings is 2. The molecule has 0 bridgehead atoms. The van der Waals surface area contributed by atoms with Gasteiger partial charge in [-0.15, -0.1) is 11.3 Å². The Morgan fingerprint density at radius 1 is 1.06 bits per heavy atom. The molecule has 35 heavy (non-hydrogen) atoms. The summed E-state index contributed by atoms with van der Waals surface area (Å²) in [5.41, 5.74) is 4.82. The minimum atomic E-state index is -0.0921. The molecule has 5 rings (SSSR count). The van der Waals surface area contributed by atoms with Gasteiger partial charge < -0.3 is 9.80 Å². The lowest BCUT2D eigenvalue weighted by Crippen LogP contribution is -2.49. The average Bonchev–Trinajstić information content (AvgIpc) is 3.55. The summed E-state index contributed by atoms with van der Waals surface area (Å²) in [6.45, 7) is 7.10. The first-order valence-electron chi connectivity index (χ1n) is 12.8. The number of amides is 2. The van der Waals surface area contributed by atoms with Gasteiger partial charge in [0.1, 0.15) is 6.54 Å². The van der Waals surface area contributed by atoms with Crippen molar-refractivity contribution >= 4 is 23.2 Å². The fraction of sp³-hybridized carbons (Fsp3) is 0.400. The molecule has 4 unspecified atom stereocenters. The highest BCUT2D eigenvalue weighted by molar-refractivity contribution is 7.10. The van der Waals surface area contributed by atoms with E-state index in [1.54, 1.807) is 11.3 Å². The predicted molar refractivity (Wildman–Crippen MR) is 142 cm³/mol. The van der Waals surface area contributed by atoms with Gasteiger partial charge >= 0.3 is 0 Å². The molecule has 182 valence electrons. The van der Waals surface area contributed by atoms with Gasteiger partial charge in [0.25, 0.3) is 0 Å². The number of rotatable bonds is 7. The van der Waals surface area contributed by atoms with Crippen molar-refractivity contribution < 1.29 is 9.59 Å². The zero-order chi connectivity index (χ0) is 24.5. The van der Waals surface area contributed by atoms with Crippen molar-refractivity contribution in [1.82, 2.24) is 9.80 Å². The number of fused-ring (bicyclic) bond motifs is 1. The molecule has 3 aromatic rings. The molecule has 0 N–H and O–H groups in total. The van der Waals surface area contributed by atoms with Crippen molar-refractivity contribution in [2.45, 2.75) is 58.0 Å². The first kappa shape index (κ1) is 23.8. The third-order valence-corrected chi connectivity index (χ3v) is 8.81. The molecule has 0 spiro atoms. The highest BCUT2D eigenvalue weighted by Gasteiger charge is 2.47. The summed E-state index contributed by atoms with van der Waals surface area (Å²) in [6, 6.07) is 20.7. The highest BCUT2D eigenvalue weighted by Crippen LogP contribution is 2.48. The van der Waals surface area contributed by atoms with Crippen LogP contribution in [0.5, 0.6) is 0 Å². The van der Waals surface area contributed by atoms with Crippen LogP contribution in [0.4, 0.5) is 0 Å². The largest absolute Gasteiger partial charge is 0.330 e. The van der Waals surface area contributed by atoms with E-state index in [9.17, 15) is 9.59 Å². The first-order chi connectivity index (χ1) is 17.0. The van der Waals surface area contributed by atoms with Crippen molar-refractivity contribution in [3.05, 3.63) is 93.2 Å². The van der Waals surface area contributed by atoms with Crippen molar-refractivity contribution in [1.29, 1.82) is 0 Å². The maximum absolute atomic E-state index is 13.9. The van der Waals surface area contributed by atoms with Gasteiger partial charge in [0.15, 0.2) is 0 Å². The third kappa shape index (κ3) is 4.66. The molecule has 2 aromatic carbocycles. The van der Waals surface area contributed by atoms with Crippen molar-refractivity contribution in [2.24, 2.45) is 5.92 Å². The number of carbonyl (C=O) groups excluding carboxylic acids is 2. The number of hydrogen-bond donors (Lipinski definition) is 0. The van der Waals surface area contributed by atoms with Gasteiger partial charge in [-0.05, 0) is 72.7 Å². The van der Waals surface area contributed by atoms with E-state index in [1.807, 2.05) is 34.1 Å². The zero-order valence-electron chi connectivity index (χ0n) is 20.8. The Hall–Kier alpha value is -2.92. The molecular formula is C30H34N2O2S. The molecule has 1 aromatic heterocycles. The highest BCUT2D eigenvalue weighted by atomic mass is 32.1. The summed E-state index contributed by atoms with van der Waals surface area (Å²) in [5, 5.41) is 2.13. The van der Waals surface area contributed by atoms with Crippen LogP contribution in [0.2, 0.25) is 0 Å². The molecular weight excluding hydrogens is 452 g/mol. The number of carbonyl (C=O) groups is 2. The van der Waals surface area contributed by atoms with Gasteiger partial charge in [-0.1, -0.05) is 61.5 Å². The van der Waals surface area contributed by atoms with Crippen LogP contribution in [-0.2, 0) is 16.0 Å². The molecule has 4 atom stereocenters. The normalized spacial score (nSPS) is 21.8. The lowest BCUT2D eigenvalue weighted by atomic mass is 9.90. The van der Waals surface area contributed by atoms with Gasteiger partial charge in [-0.3, -0.25) is 9.59 Å². The van der Waals surface area contributed by atoms with Gasteiger partial charge in [0, 0.05) is 23.4 Å². The van der Waals surface area contributed by atoms with Crippen LogP contribution >= 0.6 is 11.3 Å². The van der Waals surface area contributed by atoms with Crippen LogP contribution in [0.3, 0.4) is 0 Å². The van der Waals surface area contributed by atoms with Crippen LogP contribution < -0.4 is 0 Å². The second-order valence-corrected chi connectivity index (χ2v) is 11.0. The Labute approximate surface area is 212 Å². The molecule has 2 aliphatic rings. The van der Waals surface area contributed by atoms with E-state index in [0.717, 1.165) is 19.3 Å². The lowest BCUT2D eigenvalue weighted by Gasteiger charge is -2.39. The van der Waals surface area contributed by atoms with E-state index in [0.29, 0.717) is 6.54 Å². The van der Waals surface area contributed by atoms with Crippen molar-refractivity contribution in [3.63, 3.8) is 0 Å². The molecule has 0 radical (unpaired) electrons. The van der Waals surface area contributed by atoms with Crippen molar-refractivity contribution in [3.8, 4) is 0 Å². The van der Waals surface area contributed by atoms with Gasteiger partial charge in [-0.25, -0.2) is 0 Å². The number of thiophene rings is 1. The Morgan fingerprint density at radius 2 is 1.80 bits per heavy atom. The van der Waals surface area contributed by atoms with E-state index in [4.69, 9.17) is 0 Å². The molecule has 2 heterocycles. The molecule has 1 fully saturated rings. The SMILES string of the molecule is CCC(C)N(CC(=O)N1CCc2sccc2C1c1ccccc1C)C(=O)C1CC1c1ccccc1. The Balaban J connectivity index is 1.39. The molecule has 1 aliphatic carbocycles. The molecule has 0 saturated heterocycles. The van der Waals surface area contributed by atoms with E-state index in [2.05, 4.69) is 62.5 Å². The lowest BCUT2D eigenvalue weighted by molar-refractivity contribution is -0.144. The molecule has 5 heteroatoms. The third-order valence-electron chi connectivity index (χ3n) is 7.82. The summed E-state index contributed by atoms with van der Waals surface area (Å²) in [6.07, 6.45) is 2.58. The quantitative estimate of drug-likeness (QED) is 0.413. The number of nitrogens with zero attached hydrogens (tertiary/aromatic N) is 2. The topological polar surface area (TPSA) is 40.6 Å². The summed E-state index contributed by atoms with van der Waals surface area (Å²) >= 11 is 1.78. The zero-order valence-corrected chi connectivity index (χ0v) is 21.6. The summed E-state index contributed by atoms with van der Waals surface area (Å²) < 4.78 is 0. The Morgan fingerprint density at radius 3 is 2.54 bits per heavy atom. The van der Waals surface area contributed by atoms with Crippen molar-refractivity contribution in [2.75, 3.05) is 13.1 Å². The second kappa shape index (κ2) is 9.98. The van der Waals surface area contributed by atoms with Crippen LogP contribution in [0.25, 0.3) is 0 Å². The van der Waals surface area contributed by atoms with E-state index in [1.165, 1.54) is 27.1 Å². The average molecular weight is 487 g/mol. The number of aryl methyl sites for hydroxylation is 1. The minimum Gasteiger partial charge on any atom is -0.330 e. The van der Waals surface area contributed by atoms with Crippen LogP contribution in [0, 0.1) is 12.8 Å². The maximum atomic E-state index is 13.9. The Kier molecular flexibility index (Phi) is 6.79. The second-order valence-electron chi connectivity index (χ2n) is 9.98. The van der Waals surface area contributed by atoms with Crippen LogP contribution in [0.1, 0.15) is 65.8 Å². The first-order valence-corrected chi connectivity index (χ1v) is 13.6. The smallest absolute Gasteiger partial charge is 0.243 e.